The van der Waals surface area contributed by atoms with Crippen LogP contribution in [-0.4, -0.2) is 21.0 Å². The molecule has 0 aliphatic rings. The number of oxime groups is 1. The van der Waals surface area contributed by atoms with Gasteiger partial charge < -0.3 is 9.77 Å². The van der Waals surface area contributed by atoms with E-state index >= 15 is 0 Å². The quantitative estimate of drug-likeness (QED) is 0.391. The maximum atomic E-state index is 8.34. The van der Waals surface area contributed by atoms with Crippen molar-refractivity contribution in [1.29, 1.82) is 0 Å². The molecule has 0 saturated carbocycles. The van der Waals surface area contributed by atoms with Crippen molar-refractivity contribution in [3.05, 3.63) is 18.2 Å². The van der Waals surface area contributed by atoms with E-state index in [1.54, 1.807) is 6.20 Å². The zero-order valence-corrected chi connectivity index (χ0v) is 7.52. The monoisotopic (exact) mass is 167 g/mol. The second kappa shape index (κ2) is 2.97. The predicted octanol–water partition coefficient (Wildman–Crippen LogP) is 1.45. The average Bonchev–Trinajstić information content (AvgIpc) is 2.34. The van der Waals surface area contributed by atoms with Crippen LogP contribution in [0.15, 0.2) is 17.5 Å². The number of nitrogens with zero attached hydrogens (tertiary/aromatic N) is 3. The first-order chi connectivity index (χ1) is 5.55. The normalized spacial score (nSPS) is 12.6. The lowest BCUT2D eigenvalue weighted by atomic mass is 10.1. The van der Waals surface area contributed by atoms with Crippen LogP contribution < -0.4 is 0 Å². The van der Waals surface area contributed by atoms with E-state index in [1.807, 2.05) is 10.8 Å². The fraction of sp³-hybridized carbons (Fsp3) is 0.500. The SMILES string of the molecule is CC(C)(C)n1ccnc1/C=N\O. The Balaban J connectivity index is 3.07. The molecule has 1 aromatic rings. The Morgan fingerprint density at radius 1 is 1.58 bits per heavy atom. The maximum Gasteiger partial charge on any atom is 0.154 e. The third-order valence-corrected chi connectivity index (χ3v) is 1.57. The first-order valence-electron chi connectivity index (χ1n) is 3.77. The lowest BCUT2D eigenvalue weighted by Crippen LogP contribution is -2.23. The van der Waals surface area contributed by atoms with Gasteiger partial charge >= 0.3 is 0 Å². The highest BCUT2D eigenvalue weighted by atomic mass is 16.4. The van der Waals surface area contributed by atoms with E-state index < -0.39 is 0 Å². The largest absolute Gasteiger partial charge is 0.411 e. The van der Waals surface area contributed by atoms with Gasteiger partial charge in [0, 0.05) is 17.9 Å². The molecule has 0 unspecified atom stereocenters. The van der Waals surface area contributed by atoms with Gasteiger partial charge in [0.1, 0.15) is 6.21 Å². The Morgan fingerprint density at radius 3 is 2.75 bits per heavy atom. The first-order valence-corrected chi connectivity index (χ1v) is 3.77. The molecule has 0 spiro atoms. The van der Waals surface area contributed by atoms with E-state index in [1.165, 1.54) is 6.21 Å². The van der Waals surface area contributed by atoms with E-state index in [0.717, 1.165) is 0 Å². The van der Waals surface area contributed by atoms with Gasteiger partial charge in [0.05, 0.1) is 0 Å². The van der Waals surface area contributed by atoms with Gasteiger partial charge in [-0.1, -0.05) is 5.16 Å². The van der Waals surface area contributed by atoms with Crippen molar-refractivity contribution in [2.24, 2.45) is 5.16 Å². The maximum absolute atomic E-state index is 8.34. The Morgan fingerprint density at radius 2 is 2.25 bits per heavy atom. The number of hydrogen-bond acceptors (Lipinski definition) is 3. The van der Waals surface area contributed by atoms with E-state index in [2.05, 4.69) is 30.9 Å². The van der Waals surface area contributed by atoms with Gasteiger partial charge in [-0.05, 0) is 20.8 Å². The van der Waals surface area contributed by atoms with Crippen LogP contribution in [0.4, 0.5) is 0 Å². The minimum absolute atomic E-state index is 0.0347. The molecule has 0 radical (unpaired) electrons. The molecule has 0 aliphatic heterocycles. The molecule has 0 amide bonds. The summed E-state index contributed by atoms with van der Waals surface area (Å²) in [7, 11) is 0. The molecule has 4 nitrogen and oxygen atoms in total. The van der Waals surface area contributed by atoms with Crippen LogP contribution in [0.3, 0.4) is 0 Å². The number of aromatic nitrogens is 2. The van der Waals surface area contributed by atoms with Gasteiger partial charge in [-0.15, -0.1) is 0 Å². The highest BCUT2D eigenvalue weighted by molar-refractivity contribution is 5.74. The van der Waals surface area contributed by atoms with Gasteiger partial charge in [-0.3, -0.25) is 0 Å². The smallest absolute Gasteiger partial charge is 0.154 e. The first kappa shape index (κ1) is 8.77. The Kier molecular flexibility index (Phi) is 2.17. The molecule has 1 rings (SSSR count). The second-order valence-corrected chi connectivity index (χ2v) is 3.57. The van der Waals surface area contributed by atoms with Crippen molar-refractivity contribution < 1.29 is 5.21 Å². The van der Waals surface area contributed by atoms with E-state index in [4.69, 9.17) is 5.21 Å². The summed E-state index contributed by atoms with van der Waals surface area (Å²) in [6.07, 6.45) is 4.87. The van der Waals surface area contributed by atoms with Crippen molar-refractivity contribution in [2.45, 2.75) is 26.3 Å². The van der Waals surface area contributed by atoms with E-state index in [0.29, 0.717) is 5.82 Å². The molecule has 0 fully saturated rings. The van der Waals surface area contributed by atoms with Crippen LogP contribution in [0.5, 0.6) is 0 Å². The third-order valence-electron chi connectivity index (χ3n) is 1.57. The Bertz CT molecular complexity index is 283. The zero-order chi connectivity index (χ0) is 9.19. The fourth-order valence-corrected chi connectivity index (χ4v) is 1.03. The van der Waals surface area contributed by atoms with Crippen LogP contribution >= 0.6 is 0 Å². The summed E-state index contributed by atoms with van der Waals surface area (Å²) >= 11 is 0. The van der Waals surface area contributed by atoms with Crippen LogP contribution in [-0.2, 0) is 5.54 Å². The molecule has 0 atom stereocenters. The van der Waals surface area contributed by atoms with Crippen LogP contribution in [0.2, 0.25) is 0 Å². The summed E-state index contributed by atoms with van der Waals surface area (Å²) in [5, 5.41) is 11.3. The number of hydrogen-bond donors (Lipinski definition) is 1. The van der Waals surface area contributed by atoms with Gasteiger partial charge in [-0.2, -0.15) is 0 Å². The molecule has 0 aromatic carbocycles. The summed E-state index contributed by atoms with van der Waals surface area (Å²) in [4.78, 5) is 4.03. The molecule has 0 aliphatic carbocycles. The summed E-state index contributed by atoms with van der Waals surface area (Å²) in [5.74, 6) is 0.657. The van der Waals surface area contributed by atoms with E-state index in [-0.39, 0.29) is 5.54 Å². The van der Waals surface area contributed by atoms with Crippen molar-refractivity contribution in [3.63, 3.8) is 0 Å². The molecular weight excluding hydrogens is 154 g/mol. The van der Waals surface area contributed by atoms with Crippen molar-refractivity contribution in [1.82, 2.24) is 9.55 Å². The Hall–Kier alpha value is -1.32. The molecule has 1 N–H and O–H groups in total. The topological polar surface area (TPSA) is 50.4 Å². The van der Waals surface area contributed by atoms with Gasteiger partial charge in [0.15, 0.2) is 5.82 Å². The third kappa shape index (κ3) is 1.64. The van der Waals surface area contributed by atoms with Crippen molar-refractivity contribution in [3.8, 4) is 0 Å². The fourth-order valence-electron chi connectivity index (χ4n) is 1.03. The summed E-state index contributed by atoms with van der Waals surface area (Å²) in [6, 6.07) is 0. The highest BCUT2D eigenvalue weighted by Crippen LogP contribution is 2.14. The predicted molar refractivity (Wildman–Crippen MR) is 46.6 cm³/mol. The minimum Gasteiger partial charge on any atom is -0.411 e. The minimum atomic E-state index is -0.0347. The molecule has 0 saturated heterocycles. The van der Waals surface area contributed by atoms with Crippen molar-refractivity contribution in [2.75, 3.05) is 0 Å². The molecule has 4 heteroatoms. The average molecular weight is 167 g/mol. The lowest BCUT2D eigenvalue weighted by molar-refractivity contribution is 0.320. The number of imidazole rings is 1. The van der Waals surface area contributed by atoms with E-state index in [9.17, 15) is 0 Å². The standard InChI is InChI=1S/C8H13N3O/c1-8(2,3)11-5-4-9-7(11)6-10-12/h4-6,12H,1-3H3/b10-6-. The Labute approximate surface area is 71.5 Å². The molecule has 1 heterocycles. The van der Waals surface area contributed by atoms with Crippen LogP contribution in [0, 0.1) is 0 Å². The number of rotatable bonds is 1. The molecule has 0 bridgehead atoms. The zero-order valence-electron chi connectivity index (χ0n) is 7.52. The van der Waals surface area contributed by atoms with Crippen molar-refractivity contribution >= 4 is 6.21 Å². The summed E-state index contributed by atoms with van der Waals surface area (Å²) in [6.45, 7) is 6.18. The van der Waals surface area contributed by atoms with Crippen LogP contribution in [0.1, 0.15) is 26.6 Å². The summed E-state index contributed by atoms with van der Waals surface area (Å²) < 4.78 is 1.94. The molecule has 66 valence electrons. The lowest BCUT2D eigenvalue weighted by Gasteiger charge is -2.21. The van der Waals surface area contributed by atoms with Gasteiger partial charge in [-0.25, -0.2) is 4.98 Å². The molecular formula is C8H13N3O. The highest BCUT2D eigenvalue weighted by Gasteiger charge is 2.15. The molecule has 1 aromatic heterocycles. The van der Waals surface area contributed by atoms with Gasteiger partial charge in [0.25, 0.3) is 0 Å². The van der Waals surface area contributed by atoms with Gasteiger partial charge in [0.2, 0.25) is 0 Å². The van der Waals surface area contributed by atoms with Crippen LogP contribution in [0.25, 0.3) is 0 Å². The molecule has 12 heavy (non-hydrogen) atoms. The second-order valence-electron chi connectivity index (χ2n) is 3.57. The summed E-state index contributed by atoms with van der Waals surface area (Å²) in [5.41, 5.74) is -0.0347.